The van der Waals surface area contributed by atoms with E-state index >= 15 is 0 Å². The fraction of sp³-hybridized carbons (Fsp3) is 1.00. The fourth-order valence-electron chi connectivity index (χ4n) is 0.652. The molecule has 0 rings (SSSR count). The van der Waals surface area contributed by atoms with Crippen molar-refractivity contribution in [2.45, 2.75) is 49.8 Å². The van der Waals surface area contributed by atoms with Crippen molar-refractivity contribution in [2.75, 3.05) is 0 Å². The second-order valence-corrected chi connectivity index (χ2v) is 5.81. The average Bonchev–Trinajstić information content (AvgIpc) is 2.01. The molecule has 0 spiro atoms. The first-order chi connectivity index (χ1) is 6.41. The SMILES string of the molecule is CCC[CH2][V+3][CH2]CCC.O=P([O-])([O-])[O-]. The van der Waals surface area contributed by atoms with Gasteiger partial charge in [-0.2, -0.15) is 7.82 Å². The third-order valence-corrected chi connectivity index (χ3v) is 3.31. The van der Waals surface area contributed by atoms with Crippen LogP contribution in [0.5, 0.6) is 0 Å². The summed E-state index contributed by atoms with van der Waals surface area (Å²) < 4.78 is 8.55. The number of phosphoric acid groups is 1. The summed E-state index contributed by atoms with van der Waals surface area (Å²) in [5.74, 6) is 0. The monoisotopic (exact) mass is 260 g/mol. The minimum Gasteiger partial charge on any atom is -0.822 e. The number of unbranched alkanes of at least 4 members (excludes halogenated alkanes) is 2. The molecule has 0 atom stereocenters. The molecular weight excluding hydrogens is 242 g/mol. The number of rotatable bonds is 6. The van der Waals surface area contributed by atoms with Crippen LogP contribution in [-0.4, -0.2) is 0 Å². The normalized spacial score (nSPS) is 10.1. The Morgan fingerprint density at radius 2 is 1.29 bits per heavy atom. The molecule has 0 aromatic heterocycles. The van der Waals surface area contributed by atoms with Gasteiger partial charge in [0.05, 0.1) is 0 Å². The molecule has 0 aromatic rings. The van der Waals surface area contributed by atoms with Gasteiger partial charge in [-0.05, 0) is 0 Å². The minimum absolute atomic E-state index is 0.737. The Morgan fingerprint density at radius 3 is 1.50 bits per heavy atom. The van der Waals surface area contributed by atoms with Crippen molar-refractivity contribution in [3.8, 4) is 0 Å². The molecule has 0 aromatic carbocycles. The van der Waals surface area contributed by atoms with Crippen LogP contribution in [0.3, 0.4) is 0 Å². The molecule has 0 saturated carbocycles. The molecule has 0 heterocycles. The predicted octanol–water partition coefficient (Wildman–Crippen LogP) is 0.681. The summed E-state index contributed by atoms with van der Waals surface area (Å²) in [6.45, 7) is 4.56. The van der Waals surface area contributed by atoms with Crippen LogP contribution < -0.4 is 14.7 Å². The van der Waals surface area contributed by atoms with Crippen LogP contribution in [0.1, 0.15) is 39.5 Å². The van der Waals surface area contributed by atoms with E-state index in [9.17, 15) is 0 Å². The Balaban J connectivity index is 0. The molecular formula is C8H18O4PV. The summed E-state index contributed by atoms with van der Waals surface area (Å²) >= 11 is 0.737. The van der Waals surface area contributed by atoms with Crippen LogP contribution in [0, 0.1) is 0 Å². The van der Waals surface area contributed by atoms with Crippen molar-refractivity contribution in [2.24, 2.45) is 0 Å². The Kier molecular flexibility index (Phi) is 14.4. The van der Waals surface area contributed by atoms with Crippen LogP contribution in [-0.2, 0) is 20.9 Å². The molecule has 0 bridgehead atoms. The first kappa shape index (κ1) is 17.1. The molecule has 0 N–H and O–H groups in total. The topological polar surface area (TPSA) is 86.2 Å². The molecule has 0 aliphatic rings. The van der Waals surface area contributed by atoms with E-state index in [1.165, 1.54) is 25.7 Å². The molecule has 0 amide bonds. The van der Waals surface area contributed by atoms with Gasteiger partial charge in [-0.15, -0.1) is 0 Å². The van der Waals surface area contributed by atoms with E-state index in [1.807, 2.05) is 0 Å². The maximum atomic E-state index is 8.55. The van der Waals surface area contributed by atoms with Gasteiger partial charge in [0.25, 0.3) is 0 Å². The van der Waals surface area contributed by atoms with Gasteiger partial charge in [-0.25, -0.2) is 0 Å². The largest absolute Gasteiger partial charge is 0.822 e. The summed E-state index contributed by atoms with van der Waals surface area (Å²) in [6.07, 6.45) is 5.73. The molecule has 14 heavy (non-hydrogen) atoms. The van der Waals surface area contributed by atoms with E-state index in [0.29, 0.717) is 0 Å². The molecule has 0 aliphatic carbocycles. The fourth-order valence-corrected chi connectivity index (χ4v) is 2.69. The van der Waals surface area contributed by atoms with Crippen LogP contribution in [0.2, 0.25) is 10.3 Å². The van der Waals surface area contributed by atoms with Crippen molar-refractivity contribution >= 4 is 7.82 Å². The summed E-state index contributed by atoms with van der Waals surface area (Å²) in [5, 5.41) is 3.10. The zero-order valence-corrected chi connectivity index (χ0v) is 11.1. The van der Waals surface area contributed by atoms with E-state index < -0.39 is 7.82 Å². The van der Waals surface area contributed by atoms with Crippen molar-refractivity contribution in [1.29, 1.82) is 0 Å². The van der Waals surface area contributed by atoms with Gasteiger partial charge in [0.1, 0.15) is 0 Å². The Morgan fingerprint density at radius 1 is 1.00 bits per heavy atom. The van der Waals surface area contributed by atoms with Gasteiger partial charge in [0, 0.05) is 0 Å². The van der Waals surface area contributed by atoms with Crippen molar-refractivity contribution < 1.29 is 35.5 Å². The van der Waals surface area contributed by atoms with E-state index in [4.69, 9.17) is 19.2 Å². The molecule has 0 fully saturated rings. The summed E-state index contributed by atoms with van der Waals surface area (Å²) in [6, 6.07) is 0. The smallest absolute Gasteiger partial charge is 0.159 e. The predicted molar refractivity (Wildman–Crippen MR) is 47.0 cm³/mol. The summed E-state index contributed by atoms with van der Waals surface area (Å²) in [5.41, 5.74) is 0. The summed E-state index contributed by atoms with van der Waals surface area (Å²) in [7, 11) is -5.39. The Bertz CT molecular complexity index is 134. The minimum atomic E-state index is -5.39. The molecule has 0 aliphatic heterocycles. The van der Waals surface area contributed by atoms with Crippen molar-refractivity contribution in [3.63, 3.8) is 0 Å². The first-order valence-corrected chi connectivity index (χ1v) is 8.21. The zero-order chi connectivity index (χ0) is 11.4. The molecule has 0 radical (unpaired) electrons. The van der Waals surface area contributed by atoms with E-state index in [-0.39, 0.29) is 0 Å². The quantitative estimate of drug-likeness (QED) is 0.519. The average molecular weight is 260 g/mol. The molecule has 6 heteroatoms. The zero-order valence-electron chi connectivity index (χ0n) is 8.77. The Hall–Kier alpha value is 0.694. The second-order valence-electron chi connectivity index (χ2n) is 2.83. The van der Waals surface area contributed by atoms with Crippen LogP contribution in [0.15, 0.2) is 0 Å². The molecule has 0 unspecified atom stereocenters. The van der Waals surface area contributed by atoms with Crippen molar-refractivity contribution in [3.05, 3.63) is 0 Å². The van der Waals surface area contributed by atoms with Gasteiger partial charge < -0.3 is 19.2 Å². The standard InChI is InChI=1S/2C4H9.H3O4P.V/c2*1-3-4-2;1-5(2,3)4;/h2*1,3-4H2,2H3;(H3,1,2,3,4);/q;;;+3/p-3. The Labute approximate surface area is 93.4 Å². The molecule has 0 saturated heterocycles. The van der Waals surface area contributed by atoms with E-state index in [0.717, 1.165) is 16.3 Å². The van der Waals surface area contributed by atoms with Crippen LogP contribution in [0.25, 0.3) is 0 Å². The van der Waals surface area contributed by atoms with E-state index in [2.05, 4.69) is 13.8 Å². The van der Waals surface area contributed by atoms with Gasteiger partial charge in [0.15, 0.2) is 0 Å². The van der Waals surface area contributed by atoms with Crippen LogP contribution >= 0.6 is 7.82 Å². The third-order valence-electron chi connectivity index (χ3n) is 1.34. The second kappa shape index (κ2) is 11.8. The molecule has 4 nitrogen and oxygen atoms in total. The molecule has 84 valence electrons. The van der Waals surface area contributed by atoms with Gasteiger partial charge in [-0.3, -0.25) is 0 Å². The first-order valence-electron chi connectivity index (χ1n) is 4.78. The number of hydrogen-bond acceptors (Lipinski definition) is 4. The van der Waals surface area contributed by atoms with Crippen molar-refractivity contribution in [1.82, 2.24) is 0 Å². The van der Waals surface area contributed by atoms with E-state index in [1.54, 1.807) is 10.3 Å². The van der Waals surface area contributed by atoms with Gasteiger partial charge in [0.2, 0.25) is 0 Å². The third kappa shape index (κ3) is 38.7. The van der Waals surface area contributed by atoms with Crippen LogP contribution in [0.4, 0.5) is 0 Å². The van der Waals surface area contributed by atoms with Gasteiger partial charge in [-0.1, -0.05) is 0 Å². The number of hydrogen-bond donors (Lipinski definition) is 0. The van der Waals surface area contributed by atoms with Gasteiger partial charge >= 0.3 is 66.1 Å². The maximum Gasteiger partial charge on any atom is -0.159 e. The maximum absolute atomic E-state index is 8.55. The summed E-state index contributed by atoms with van der Waals surface area (Å²) in [4.78, 5) is 25.6.